The van der Waals surface area contributed by atoms with Crippen LogP contribution in [0.5, 0.6) is 0 Å². The highest BCUT2D eigenvalue weighted by Gasteiger charge is 2.68. The lowest BCUT2D eigenvalue weighted by Crippen LogP contribution is -2.54. The van der Waals surface area contributed by atoms with Crippen LogP contribution >= 0.6 is 35.6 Å². The molecule has 2 aromatic rings. The van der Waals surface area contributed by atoms with Crippen molar-refractivity contribution in [1.29, 1.82) is 0 Å². The maximum absolute atomic E-state index is 14.4. The van der Waals surface area contributed by atoms with E-state index in [0.717, 1.165) is 5.56 Å². The van der Waals surface area contributed by atoms with Gasteiger partial charge in [-0.15, -0.1) is 12.4 Å². The number of hydrogen-bond donors (Lipinski definition) is 0. The third-order valence-electron chi connectivity index (χ3n) is 4.98. The van der Waals surface area contributed by atoms with Crippen molar-refractivity contribution in [3.63, 3.8) is 0 Å². The maximum atomic E-state index is 14.4. The zero-order chi connectivity index (χ0) is 19.8. The van der Waals surface area contributed by atoms with E-state index in [9.17, 15) is 17.7 Å². The Labute approximate surface area is 181 Å². The quantitative estimate of drug-likeness (QED) is 0.551. The average molecular weight is 473 g/mol. The average Bonchev–Trinajstić information content (AvgIpc) is 2.95. The Morgan fingerprint density at radius 3 is 2.21 bits per heavy atom. The molecule has 0 spiro atoms. The lowest BCUT2D eigenvalue weighted by Gasteiger charge is -2.36. The number of rotatable bonds is 4. The Morgan fingerprint density at radius 2 is 1.71 bits per heavy atom. The second-order valence-electron chi connectivity index (χ2n) is 6.77. The van der Waals surface area contributed by atoms with E-state index in [-0.39, 0.29) is 41.1 Å². The number of benzene rings is 2. The van der Waals surface area contributed by atoms with Crippen molar-refractivity contribution in [2.45, 2.75) is 23.4 Å². The minimum absolute atomic E-state index is 0. The van der Waals surface area contributed by atoms with E-state index < -0.39 is 28.0 Å². The summed E-state index contributed by atoms with van der Waals surface area (Å²) in [5.41, 5.74) is -1.43. The highest BCUT2D eigenvalue weighted by atomic mass is 35.5. The molecule has 9 heteroatoms. The van der Waals surface area contributed by atoms with Crippen LogP contribution < -0.4 is 0 Å². The Hall–Kier alpha value is -0.630. The molecule has 1 aliphatic heterocycles. The molecule has 0 radical (unpaired) electrons. The number of alkyl halides is 3. The highest BCUT2D eigenvalue weighted by molar-refractivity contribution is 7.91. The summed E-state index contributed by atoms with van der Waals surface area (Å²) in [7, 11) is 0. The van der Waals surface area contributed by atoms with Gasteiger partial charge in [0, 0.05) is 29.7 Å². The first-order chi connectivity index (χ1) is 12.6. The van der Waals surface area contributed by atoms with Crippen LogP contribution in [-0.4, -0.2) is 40.2 Å². The van der Waals surface area contributed by atoms with E-state index in [0.29, 0.717) is 6.54 Å². The van der Waals surface area contributed by atoms with Crippen LogP contribution in [-0.2, 0) is 23.1 Å². The fourth-order valence-corrected chi connectivity index (χ4v) is 5.64. The number of likely N-dealkylation sites (tertiary alicyclic amines) is 1. The summed E-state index contributed by atoms with van der Waals surface area (Å²) >= 11 is 10.3. The molecular weight excluding hydrogens is 454 g/mol. The molecule has 154 valence electrons. The van der Waals surface area contributed by atoms with Crippen molar-refractivity contribution in [2.75, 3.05) is 19.3 Å². The van der Waals surface area contributed by atoms with E-state index in [4.69, 9.17) is 23.2 Å². The van der Waals surface area contributed by atoms with E-state index in [1.54, 1.807) is 4.90 Å². The molecule has 0 amide bonds. The van der Waals surface area contributed by atoms with E-state index in [1.165, 1.54) is 24.5 Å². The predicted octanol–water partition coefficient (Wildman–Crippen LogP) is 5.48. The Kier molecular flexibility index (Phi) is 7.62. The molecule has 3 rings (SSSR count). The van der Waals surface area contributed by atoms with Gasteiger partial charge in [0.05, 0.1) is 6.26 Å². The zero-order valence-corrected chi connectivity index (χ0v) is 18.0. The Balaban J connectivity index is 0.00000280. The molecule has 28 heavy (non-hydrogen) atoms. The lowest BCUT2D eigenvalue weighted by atomic mass is 9.78. The van der Waals surface area contributed by atoms with Crippen molar-refractivity contribution < 1.29 is 17.7 Å². The van der Waals surface area contributed by atoms with Crippen LogP contribution in [0, 0.1) is 0 Å². The van der Waals surface area contributed by atoms with Crippen LogP contribution in [0.4, 0.5) is 13.2 Å². The van der Waals surface area contributed by atoms with Crippen LogP contribution in [0.2, 0.25) is 10.0 Å². The minimum Gasteiger partial charge on any atom is -0.616 e. The van der Waals surface area contributed by atoms with Crippen LogP contribution in [0.25, 0.3) is 0 Å². The molecule has 3 unspecified atom stereocenters. The summed E-state index contributed by atoms with van der Waals surface area (Å²) < 4.78 is 55.7. The zero-order valence-electron chi connectivity index (χ0n) is 14.9. The van der Waals surface area contributed by atoms with Gasteiger partial charge in [0.2, 0.25) is 0 Å². The minimum atomic E-state index is -4.61. The molecule has 0 aromatic heterocycles. The van der Waals surface area contributed by atoms with Crippen molar-refractivity contribution in [1.82, 2.24) is 4.90 Å². The number of hydrogen-bond acceptors (Lipinski definition) is 2. The van der Waals surface area contributed by atoms with Crippen molar-refractivity contribution in [3.8, 4) is 0 Å². The van der Waals surface area contributed by atoms with Gasteiger partial charge in [-0.3, -0.25) is 4.90 Å². The Morgan fingerprint density at radius 1 is 1.14 bits per heavy atom. The van der Waals surface area contributed by atoms with Gasteiger partial charge in [-0.2, -0.15) is 13.2 Å². The third-order valence-corrected chi connectivity index (χ3v) is 6.77. The summed E-state index contributed by atoms with van der Waals surface area (Å²) in [6.45, 7) is 0.120. The first kappa shape index (κ1) is 23.6. The molecule has 1 fully saturated rings. The summed E-state index contributed by atoms with van der Waals surface area (Å²) in [5.74, 6) is 0. The Bertz CT molecular complexity index is 787. The first-order valence-corrected chi connectivity index (χ1v) is 10.6. The largest absolute Gasteiger partial charge is 0.616 e. The lowest BCUT2D eigenvalue weighted by molar-refractivity contribution is -0.186. The fourth-order valence-electron chi connectivity index (χ4n) is 3.78. The molecule has 2 aromatic carbocycles. The molecular formula is C19H19Cl3F3NOS. The van der Waals surface area contributed by atoms with Gasteiger partial charge in [-0.05, 0) is 29.3 Å². The van der Waals surface area contributed by atoms with Gasteiger partial charge in [0.15, 0.2) is 5.41 Å². The SMILES string of the molecule is C[S+]([O-])C1CN(Cc2ccccc2)CC1(c1cc(Cl)cc(Cl)c1)C(F)(F)F.Cl. The second kappa shape index (κ2) is 9.02. The molecule has 3 atom stereocenters. The van der Waals surface area contributed by atoms with Gasteiger partial charge in [0.1, 0.15) is 5.25 Å². The molecule has 0 bridgehead atoms. The molecule has 0 N–H and O–H groups in total. The summed E-state index contributed by atoms with van der Waals surface area (Å²) in [4.78, 5) is 1.70. The molecule has 0 aliphatic carbocycles. The highest BCUT2D eigenvalue weighted by Crippen LogP contribution is 2.51. The summed E-state index contributed by atoms with van der Waals surface area (Å²) in [6, 6.07) is 13.2. The molecule has 1 aliphatic rings. The first-order valence-electron chi connectivity index (χ1n) is 8.25. The topological polar surface area (TPSA) is 26.3 Å². The van der Waals surface area contributed by atoms with Gasteiger partial charge in [0.25, 0.3) is 0 Å². The standard InChI is InChI=1S/C19H18Cl2F3NOS.ClH/c1-27(26)17-11-25(10-13-5-3-2-4-6-13)12-18(17,19(22,23)24)14-7-15(20)9-16(21)8-14;/h2-9,17H,10-12H2,1H3;1H. The van der Waals surface area contributed by atoms with E-state index in [1.807, 2.05) is 30.3 Å². The van der Waals surface area contributed by atoms with E-state index in [2.05, 4.69) is 0 Å². The van der Waals surface area contributed by atoms with Gasteiger partial charge >= 0.3 is 6.18 Å². The normalized spacial score (nSPS) is 24.0. The monoisotopic (exact) mass is 471 g/mol. The smallest absolute Gasteiger partial charge is 0.404 e. The van der Waals surface area contributed by atoms with Gasteiger partial charge in [-0.1, -0.05) is 64.7 Å². The summed E-state index contributed by atoms with van der Waals surface area (Å²) in [5, 5.41) is -0.859. The summed E-state index contributed by atoms with van der Waals surface area (Å²) in [6.07, 6.45) is -3.29. The number of halogens is 6. The van der Waals surface area contributed by atoms with Crippen molar-refractivity contribution in [2.24, 2.45) is 0 Å². The fraction of sp³-hybridized carbons (Fsp3) is 0.368. The predicted molar refractivity (Wildman–Crippen MR) is 111 cm³/mol. The van der Waals surface area contributed by atoms with E-state index >= 15 is 0 Å². The number of nitrogens with zero attached hydrogens (tertiary/aromatic N) is 1. The van der Waals surface area contributed by atoms with Crippen LogP contribution in [0.3, 0.4) is 0 Å². The van der Waals surface area contributed by atoms with Gasteiger partial charge in [-0.25, -0.2) is 0 Å². The van der Waals surface area contributed by atoms with Crippen LogP contribution in [0.1, 0.15) is 11.1 Å². The third kappa shape index (κ3) is 4.58. The molecule has 0 saturated carbocycles. The molecule has 1 saturated heterocycles. The van der Waals surface area contributed by atoms with Crippen molar-refractivity contribution in [3.05, 3.63) is 69.7 Å². The van der Waals surface area contributed by atoms with Crippen molar-refractivity contribution >= 4 is 46.8 Å². The molecule has 1 heterocycles. The maximum Gasteiger partial charge on any atom is 0.404 e. The van der Waals surface area contributed by atoms with Crippen LogP contribution in [0.15, 0.2) is 48.5 Å². The second-order valence-corrected chi connectivity index (χ2v) is 9.21. The molecule has 2 nitrogen and oxygen atoms in total. The van der Waals surface area contributed by atoms with Gasteiger partial charge < -0.3 is 4.55 Å².